The summed E-state index contributed by atoms with van der Waals surface area (Å²) >= 11 is 6.03. The minimum absolute atomic E-state index is 0.710. The van der Waals surface area contributed by atoms with Crippen LogP contribution in [0, 0.1) is 0 Å². The van der Waals surface area contributed by atoms with Gasteiger partial charge in [-0.2, -0.15) is 0 Å². The van der Waals surface area contributed by atoms with Gasteiger partial charge in [-0.15, -0.1) is 0 Å². The van der Waals surface area contributed by atoms with Crippen molar-refractivity contribution < 1.29 is 8.85 Å². The number of hydrogen-bond donors (Lipinski definition) is 0. The molecule has 0 aliphatic rings. The molecule has 0 atom stereocenters. The fourth-order valence-corrected chi connectivity index (χ4v) is 4.85. The van der Waals surface area contributed by atoms with E-state index in [9.17, 15) is 0 Å². The maximum atomic E-state index is 6.24. The summed E-state index contributed by atoms with van der Waals surface area (Å²) in [4.78, 5) is 0. The molecule has 0 bridgehead atoms. The lowest BCUT2D eigenvalue weighted by molar-refractivity contribution is 0.230. The Morgan fingerprint density at radius 1 is 1.00 bits per heavy atom. The molecule has 0 amide bonds. The summed E-state index contributed by atoms with van der Waals surface area (Å²) in [6.45, 7) is 7.38. The molecular weight excluding hydrogens is 300 g/mol. The van der Waals surface area contributed by atoms with Gasteiger partial charge in [0.05, 0.1) is 0 Å². The lowest BCUT2D eigenvalue weighted by Gasteiger charge is -2.29. The Morgan fingerprint density at radius 2 is 1.71 bits per heavy atom. The van der Waals surface area contributed by atoms with Crippen molar-refractivity contribution >= 4 is 20.2 Å². The van der Waals surface area contributed by atoms with Crippen molar-refractivity contribution in [1.82, 2.24) is 0 Å². The fraction of sp³-hybridized carbons (Fsp3) is 0.647. The van der Waals surface area contributed by atoms with Crippen molar-refractivity contribution in [2.45, 2.75) is 65.0 Å². The normalized spacial score (nSPS) is 11.6. The summed E-state index contributed by atoms with van der Waals surface area (Å²) < 4.78 is 12.5. The maximum Gasteiger partial charge on any atom is 0.398 e. The fourth-order valence-electron chi connectivity index (χ4n) is 2.34. The summed E-state index contributed by atoms with van der Waals surface area (Å²) in [5.74, 6) is 0.837. The van der Waals surface area contributed by atoms with Gasteiger partial charge in [-0.3, -0.25) is 0 Å². The van der Waals surface area contributed by atoms with Gasteiger partial charge in [0.2, 0.25) is 0 Å². The van der Waals surface area contributed by atoms with E-state index >= 15 is 0 Å². The van der Waals surface area contributed by atoms with Crippen LogP contribution >= 0.6 is 11.6 Å². The van der Waals surface area contributed by atoms with E-state index in [1.54, 1.807) is 0 Å². The van der Waals surface area contributed by atoms with Crippen LogP contribution in [0.15, 0.2) is 24.3 Å². The van der Waals surface area contributed by atoms with E-state index in [1.165, 1.54) is 25.7 Å². The topological polar surface area (TPSA) is 18.5 Å². The van der Waals surface area contributed by atoms with Crippen LogP contribution in [-0.4, -0.2) is 15.2 Å². The van der Waals surface area contributed by atoms with Gasteiger partial charge in [0.1, 0.15) is 5.75 Å². The van der Waals surface area contributed by atoms with Crippen LogP contribution in [0.25, 0.3) is 0 Å². The molecule has 2 nitrogen and oxygen atoms in total. The largest absolute Gasteiger partial charge is 0.520 e. The highest BCUT2D eigenvalue weighted by Gasteiger charge is 2.35. The second-order valence-corrected chi connectivity index (χ2v) is 9.60. The minimum Gasteiger partial charge on any atom is -0.520 e. The van der Waals surface area contributed by atoms with Crippen LogP contribution in [0.1, 0.15) is 52.9 Å². The van der Waals surface area contributed by atoms with Crippen molar-refractivity contribution in [1.29, 1.82) is 0 Å². The summed E-state index contributed by atoms with van der Waals surface area (Å²) in [5.41, 5.74) is 0. The average Bonchev–Trinajstić information content (AvgIpc) is 2.49. The average molecular weight is 329 g/mol. The predicted molar refractivity (Wildman–Crippen MR) is 93.5 cm³/mol. The van der Waals surface area contributed by atoms with Crippen LogP contribution in [-0.2, 0) is 4.43 Å². The van der Waals surface area contributed by atoms with Crippen LogP contribution in [0.2, 0.25) is 17.1 Å². The highest BCUT2D eigenvalue weighted by molar-refractivity contribution is 6.68. The second-order valence-electron chi connectivity index (χ2n) is 5.44. The third-order valence-corrected chi connectivity index (χ3v) is 7.52. The third kappa shape index (κ3) is 6.85. The van der Waals surface area contributed by atoms with Crippen LogP contribution in [0.3, 0.4) is 0 Å². The Bertz CT molecular complexity index is 394. The smallest absolute Gasteiger partial charge is 0.398 e. The van der Waals surface area contributed by atoms with Gasteiger partial charge in [-0.05, 0) is 36.7 Å². The van der Waals surface area contributed by atoms with Crippen molar-refractivity contribution in [3.05, 3.63) is 29.3 Å². The van der Waals surface area contributed by atoms with Crippen molar-refractivity contribution in [3.63, 3.8) is 0 Å². The zero-order chi connectivity index (χ0) is 15.6. The quantitative estimate of drug-likeness (QED) is 0.356. The molecule has 4 heteroatoms. The van der Waals surface area contributed by atoms with Gasteiger partial charge in [0, 0.05) is 11.6 Å². The lowest BCUT2D eigenvalue weighted by atomic mass is 10.2. The molecule has 0 unspecified atom stereocenters. The number of unbranched alkanes of at least 4 members (excludes halogenated alkanes) is 4. The van der Waals surface area contributed by atoms with Gasteiger partial charge in [-0.1, -0.05) is 64.1 Å². The Labute approximate surface area is 136 Å². The molecule has 1 aromatic carbocycles. The molecule has 1 rings (SSSR count). The zero-order valence-electron chi connectivity index (χ0n) is 13.7. The molecular formula is C17H29ClO2Si. The van der Waals surface area contributed by atoms with E-state index in [0.29, 0.717) is 5.02 Å². The molecule has 1 aromatic rings. The summed E-state index contributed by atoms with van der Waals surface area (Å²) in [7, 11) is -2.13. The molecule has 0 aliphatic heterocycles. The van der Waals surface area contributed by atoms with Gasteiger partial charge in [-0.25, -0.2) is 0 Å². The molecule has 0 spiro atoms. The number of benzene rings is 1. The van der Waals surface area contributed by atoms with Crippen molar-refractivity contribution in [3.8, 4) is 5.75 Å². The van der Waals surface area contributed by atoms with Crippen molar-refractivity contribution in [2.24, 2.45) is 0 Å². The Kier molecular flexibility index (Phi) is 9.05. The minimum atomic E-state index is -2.13. The molecule has 0 fully saturated rings. The molecule has 0 aromatic heterocycles. The van der Waals surface area contributed by atoms with Gasteiger partial charge in [0.25, 0.3) is 0 Å². The monoisotopic (exact) mass is 328 g/mol. The summed E-state index contributed by atoms with van der Waals surface area (Å²) in [6.07, 6.45) is 6.29. The molecule has 0 saturated carbocycles. The maximum absolute atomic E-state index is 6.24. The SMILES string of the molecule is CCCCCCCO[Si](CC)(CC)Oc1cccc(Cl)c1. The van der Waals surface area contributed by atoms with E-state index < -0.39 is 8.56 Å². The highest BCUT2D eigenvalue weighted by atomic mass is 35.5. The van der Waals surface area contributed by atoms with E-state index in [0.717, 1.165) is 30.9 Å². The standard InChI is InChI=1S/C17H29ClO2Si/c1-4-7-8-9-10-14-19-21(5-2,6-3)20-17-13-11-12-16(18)15-17/h11-13,15H,4-10,14H2,1-3H3. The Morgan fingerprint density at radius 3 is 2.33 bits per heavy atom. The van der Waals surface area contributed by atoms with Gasteiger partial charge < -0.3 is 8.85 Å². The number of hydrogen-bond acceptors (Lipinski definition) is 2. The zero-order valence-corrected chi connectivity index (χ0v) is 15.4. The summed E-state index contributed by atoms with van der Waals surface area (Å²) in [6, 6.07) is 9.55. The first-order chi connectivity index (χ1) is 10.2. The molecule has 0 aliphatic carbocycles. The number of halogens is 1. The first-order valence-corrected chi connectivity index (χ1v) is 10.8. The first-order valence-electron chi connectivity index (χ1n) is 8.24. The molecule has 0 N–H and O–H groups in total. The Balaban J connectivity index is 2.49. The first kappa shape index (κ1) is 18.5. The van der Waals surface area contributed by atoms with E-state index in [1.807, 2.05) is 24.3 Å². The summed E-state index contributed by atoms with van der Waals surface area (Å²) in [5, 5.41) is 0.710. The second kappa shape index (κ2) is 10.3. The van der Waals surface area contributed by atoms with Gasteiger partial charge in [0.15, 0.2) is 0 Å². The molecule has 0 radical (unpaired) electrons. The van der Waals surface area contributed by atoms with Crippen molar-refractivity contribution in [2.75, 3.05) is 6.61 Å². The highest BCUT2D eigenvalue weighted by Crippen LogP contribution is 2.25. The Hall–Kier alpha value is -0.513. The van der Waals surface area contributed by atoms with Crippen LogP contribution in [0.5, 0.6) is 5.75 Å². The molecule has 0 heterocycles. The van der Waals surface area contributed by atoms with E-state index in [2.05, 4.69) is 20.8 Å². The molecule has 0 saturated heterocycles. The van der Waals surface area contributed by atoms with E-state index in [-0.39, 0.29) is 0 Å². The lowest BCUT2D eigenvalue weighted by Crippen LogP contribution is -2.44. The van der Waals surface area contributed by atoms with E-state index in [4.69, 9.17) is 20.5 Å². The number of rotatable bonds is 11. The third-order valence-electron chi connectivity index (χ3n) is 3.79. The molecule has 21 heavy (non-hydrogen) atoms. The predicted octanol–water partition coefficient (Wildman–Crippen LogP) is 6.19. The molecule has 120 valence electrons. The van der Waals surface area contributed by atoms with Crippen LogP contribution in [0.4, 0.5) is 0 Å². The van der Waals surface area contributed by atoms with Crippen LogP contribution < -0.4 is 4.43 Å². The van der Waals surface area contributed by atoms with Gasteiger partial charge >= 0.3 is 8.56 Å².